The van der Waals surface area contributed by atoms with Gasteiger partial charge in [-0.2, -0.15) is 13.2 Å². The van der Waals surface area contributed by atoms with Gasteiger partial charge in [-0.05, 0) is 45.9 Å². The van der Waals surface area contributed by atoms with Gasteiger partial charge in [0.1, 0.15) is 23.6 Å². The van der Waals surface area contributed by atoms with Crippen molar-refractivity contribution < 1.29 is 27.1 Å². The highest BCUT2D eigenvalue weighted by molar-refractivity contribution is 5.78. The zero-order valence-electron chi connectivity index (χ0n) is 18.2. The summed E-state index contributed by atoms with van der Waals surface area (Å²) in [7, 11) is 1.41. The van der Waals surface area contributed by atoms with E-state index in [1.807, 2.05) is 0 Å². The number of ether oxygens (including phenoxy) is 1. The summed E-state index contributed by atoms with van der Waals surface area (Å²) in [6, 6.07) is 3.96. The third-order valence-electron chi connectivity index (χ3n) is 4.83. The molecule has 0 fully saturated rings. The van der Waals surface area contributed by atoms with Gasteiger partial charge >= 0.3 is 6.18 Å². The molecule has 0 unspecified atom stereocenters. The first-order valence-corrected chi connectivity index (χ1v) is 9.70. The number of halogens is 4. The standard InChI is InChI=1S/C22H23F4N3O3/c1-12-19(13-6-7-16(23)15(8-13)22(24,25)26)29(11-18(30)27-21(2,3)4)20(31)17-9-14(32-5)10-28(12)17/h6-10H,11H2,1-5H3,(H,27,30). The van der Waals surface area contributed by atoms with Crippen LogP contribution in [0.2, 0.25) is 0 Å². The van der Waals surface area contributed by atoms with Crippen molar-refractivity contribution in [2.45, 2.75) is 46.0 Å². The second kappa shape index (κ2) is 7.99. The largest absolute Gasteiger partial charge is 0.495 e. The third kappa shape index (κ3) is 4.49. The van der Waals surface area contributed by atoms with E-state index in [-0.39, 0.29) is 16.8 Å². The molecule has 0 aliphatic rings. The molecule has 1 N–H and O–H groups in total. The van der Waals surface area contributed by atoms with Gasteiger partial charge < -0.3 is 14.5 Å². The molecule has 172 valence electrons. The molecular weight excluding hydrogens is 430 g/mol. The second-order valence-corrected chi connectivity index (χ2v) is 8.45. The number of methoxy groups -OCH3 is 1. The molecule has 1 aromatic carbocycles. The number of hydrogen-bond donors (Lipinski definition) is 1. The van der Waals surface area contributed by atoms with Crippen molar-refractivity contribution in [2.24, 2.45) is 0 Å². The van der Waals surface area contributed by atoms with Crippen molar-refractivity contribution in [3.8, 4) is 17.0 Å². The summed E-state index contributed by atoms with van der Waals surface area (Å²) in [6.07, 6.45) is -3.41. The van der Waals surface area contributed by atoms with E-state index in [9.17, 15) is 27.2 Å². The summed E-state index contributed by atoms with van der Waals surface area (Å²) < 4.78 is 61.6. The van der Waals surface area contributed by atoms with Crippen molar-refractivity contribution in [2.75, 3.05) is 7.11 Å². The summed E-state index contributed by atoms with van der Waals surface area (Å²) in [5.41, 5.74) is -2.07. The second-order valence-electron chi connectivity index (χ2n) is 8.45. The number of alkyl halides is 3. The molecule has 2 heterocycles. The number of fused-ring (bicyclic) bond motifs is 1. The van der Waals surface area contributed by atoms with Crippen molar-refractivity contribution in [3.05, 3.63) is 57.9 Å². The lowest BCUT2D eigenvalue weighted by atomic mass is 10.0. The molecule has 0 spiro atoms. The van der Waals surface area contributed by atoms with Crippen molar-refractivity contribution in [1.29, 1.82) is 0 Å². The molecule has 10 heteroatoms. The van der Waals surface area contributed by atoms with Crippen LogP contribution in [0.3, 0.4) is 0 Å². The first-order chi connectivity index (χ1) is 14.7. The van der Waals surface area contributed by atoms with E-state index in [0.29, 0.717) is 23.6 Å². The van der Waals surface area contributed by atoms with Crippen molar-refractivity contribution >= 4 is 11.4 Å². The molecule has 1 amide bonds. The molecule has 0 saturated carbocycles. The number of carbonyl (C=O) groups excluding carboxylic acids is 1. The summed E-state index contributed by atoms with van der Waals surface area (Å²) >= 11 is 0. The highest BCUT2D eigenvalue weighted by atomic mass is 19.4. The van der Waals surface area contributed by atoms with Gasteiger partial charge in [0.2, 0.25) is 5.91 Å². The fourth-order valence-corrected chi connectivity index (χ4v) is 3.55. The molecule has 0 radical (unpaired) electrons. The summed E-state index contributed by atoms with van der Waals surface area (Å²) in [4.78, 5) is 25.9. The van der Waals surface area contributed by atoms with Crippen LogP contribution in [0.5, 0.6) is 5.75 Å². The van der Waals surface area contributed by atoms with Gasteiger partial charge in [0.05, 0.1) is 24.6 Å². The maximum absolute atomic E-state index is 13.9. The molecule has 2 aromatic heterocycles. The predicted molar refractivity (Wildman–Crippen MR) is 111 cm³/mol. The molecule has 32 heavy (non-hydrogen) atoms. The van der Waals surface area contributed by atoms with Crippen molar-refractivity contribution in [1.82, 2.24) is 14.3 Å². The Kier molecular flexibility index (Phi) is 5.84. The molecule has 0 atom stereocenters. The average Bonchev–Trinajstić information content (AvgIpc) is 3.10. The monoisotopic (exact) mass is 453 g/mol. The van der Waals surface area contributed by atoms with Gasteiger partial charge in [-0.15, -0.1) is 0 Å². The number of nitrogens with zero attached hydrogens (tertiary/aromatic N) is 2. The number of nitrogens with one attached hydrogen (secondary N) is 1. The van der Waals surface area contributed by atoms with Gasteiger partial charge in [-0.1, -0.05) is 0 Å². The van der Waals surface area contributed by atoms with E-state index in [1.54, 1.807) is 27.7 Å². The maximum Gasteiger partial charge on any atom is 0.419 e. The normalized spacial score (nSPS) is 12.3. The molecule has 6 nitrogen and oxygen atoms in total. The van der Waals surface area contributed by atoms with Crippen LogP contribution in [0.25, 0.3) is 16.8 Å². The van der Waals surface area contributed by atoms with Gasteiger partial charge in [0.25, 0.3) is 5.56 Å². The fourth-order valence-electron chi connectivity index (χ4n) is 3.55. The Labute approximate surface area is 181 Å². The maximum atomic E-state index is 13.9. The fraction of sp³-hybridized carbons (Fsp3) is 0.364. The van der Waals surface area contributed by atoms with Gasteiger partial charge in [-0.3, -0.25) is 14.2 Å². The number of amides is 1. The topological polar surface area (TPSA) is 64.7 Å². The minimum atomic E-state index is -4.93. The van der Waals surface area contributed by atoms with E-state index in [4.69, 9.17) is 4.74 Å². The highest BCUT2D eigenvalue weighted by Gasteiger charge is 2.35. The molecule has 0 aliphatic carbocycles. The highest BCUT2D eigenvalue weighted by Crippen LogP contribution is 2.35. The number of hydrogen-bond acceptors (Lipinski definition) is 3. The van der Waals surface area contributed by atoms with Gasteiger partial charge in [0, 0.05) is 22.9 Å². The minimum absolute atomic E-state index is 0.0496. The zero-order valence-corrected chi connectivity index (χ0v) is 18.2. The molecule has 0 saturated heterocycles. The first-order valence-electron chi connectivity index (χ1n) is 9.70. The quantitative estimate of drug-likeness (QED) is 0.604. The number of aryl methyl sites for hydroxylation is 1. The number of benzene rings is 1. The Morgan fingerprint density at radius 1 is 1.16 bits per heavy atom. The van der Waals surface area contributed by atoms with E-state index in [0.717, 1.165) is 10.6 Å². The van der Waals surface area contributed by atoms with Gasteiger partial charge in [-0.25, -0.2) is 4.39 Å². The smallest absolute Gasteiger partial charge is 0.419 e. The lowest BCUT2D eigenvalue weighted by molar-refractivity contribution is -0.140. The molecule has 0 bridgehead atoms. The number of aromatic nitrogens is 2. The minimum Gasteiger partial charge on any atom is -0.495 e. The van der Waals surface area contributed by atoms with Crippen molar-refractivity contribution in [3.63, 3.8) is 0 Å². The predicted octanol–water partition coefficient (Wildman–Crippen LogP) is 4.16. The van der Waals surface area contributed by atoms with E-state index in [2.05, 4.69) is 5.32 Å². The molecule has 0 aliphatic heterocycles. The number of carbonyl (C=O) groups is 1. The Balaban J connectivity index is 2.32. The summed E-state index contributed by atoms with van der Waals surface area (Å²) in [5, 5.41) is 2.73. The first kappa shape index (κ1) is 23.4. The lowest BCUT2D eigenvalue weighted by Crippen LogP contribution is -2.44. The van der Waals surface area contributed by atoms with Crippen LogP contribution >= 0.6 is 0 Å². The third-order valence-corrected chi connectivity index (χ3v) is 4.83. The molecule has 3 rings (SSSR count). The van der Waals surface area contributed by atoms with Crippen LogP contribution in [-0.2, 0) is 17.5 Å². The Hall–Kier alpha value is -3.30. The van der Waals surface area contributed by atoms with E-state index < -0.39 is 41.1 Å². The van der Waals surface area contributed by atoms with E-state index >= 15 is 0 Å². The van der Waals surface area contributed by atoms with Crippen LogP contribution in [0.4, 0.5) is 17.6 Å². The lowest BCUT2D eigenvalue weighted by Gasteiger charge is -2.23. The van der Waals surface area contributed by atoms with Crippen LogP contribution in [-0.4, -0.2) is 27.5 Å². The summed E-state index contributed by atoms with van der Waals surface area (Å²) in [6.45, 7) is 6.44. The average molecular weight is 453 g/mol. The van der Waals surface area contributed by atoms with Gasteiger partial charge in [0.15, 0.2) is 0 Å². The molecular formula is C22H23F4N3O3. The Morgan fingerprint density at radius 3 is 2.38 bits per heavy atom. The SMILES string of the molecule is COc1cc2c(=O)n(CC(=O)NC(C)(C)C)c(-c3ccc(F)c(C(F)(F)F)c3)c(C)n2c1. The van der Waals surface area contributed by atoms with E-state index in [1.165, 1.54) is 23.8 Å². The van der Waals surface area contributed by atoms with Crippen LogP contribution < -0.4 is 15.6 Å². The Morgan fingerprint density at radius 2 is 1.81 bits per heavy atom. The Bertz CT molecular complexity index is 1250. The van der Waals surface area contributed by atoms with Crippen LogP contribution in [0, 0.1) is 12.7 Å². The summed E-state index contributed by atoms with van der Waals surface area (Å²) in [5.74, 6) is -1.56. The number of rotatable bonds is 4. The zero-order chi connectivity index (χ0) is 24.0. The molecule has 3 aromatic rings. The van der Waals surface area contributed by atoms with Crippen LogP contribution in [0.15, 0.2) is 35.3 Å². The van der Waals surface area contributed by atoms with Crippen LogP contribution in [0.1, 0.15) is 32.0 Å².